The highest BCUT2D eigenvalue weighted by molar-refractivity contribution is 5.76. The molecule has 0 saturated heterocycles. The van der Waals surface area contributed by atoms with Gasteiger partial charge in [-0.1, -0.05) is 19.3 Å². The lowest BCUT2D eigenvalue weighted by molar-refractivity contribution is -0.140. The van der Waals surface area contributed by atoms with Crippen LogP contribution in [0.15, 0.2) is 0 Å². The second-order valence-electron chi connectivity index (χ2n) is 5.49. The first-order valence-electron chi connectivity index (χ1n) is 7.24. The molecule has 0 bridgehead atoms. The van der Waals surface area contributed by atoms with E-state index in [0.717, 1.165) is 38.5 Å². The summed E-state index contributed by atoms with van der Waals surface area (Å²) >= 11 is 0. The molecule has 1 aliphatic rings. The first-order valence-corrected chi connectivity index (χ1v) is 7.24. The van der Waals surface area contributed by atoms with Gasteiger partial charge in [-0.3, -0.25) is 4.79 Å². The molecule has 1 saturated carbocycles. The maximum absolute atomic E-state index is 12.2. The predicted octanol–water partition coefficient (Wildman–Crippen LogP) is 1.84. The van der Waals surface area contributed by atoms with Gasteiger partial charge < -0.3 is 20.1 Å². The zero-order valence-corrected chi connectivity index (χ0v) is 12.5. The van der Waals surface area contributed by atoms with Gasteiger partial charge in [0.25, 0.3) is 0 Å². The van der Waals surface area contributed by atoms with Gasteiger partial charge in [0.1, 0.15) is 0 Å². The summed E-state index contributed by atoms with van der Waals surface area (Å²) in [6.07, 6.45) is 5.38. The fourth-order valence-electron chi connectivity index (χ4n) is 2.87. The third kappa shape index (κ3) is 4.67. The summed E-state index contributed by atoms with van der Waals surface area (Å²) in [6.45, 7) is 1.14. The number of amides is 2. The molecular formula is C14H26N2O4. The highest BCUT2D eigenvalue weighted by Gasteiger charge is 2.40. The average Bonchev–Trinajstić information content (AvgIpc) is 2.42. The summed E-state index contributed by atoms with van der Waals surface area (Å²) in [7, 11) is 3.33. The minimum atomic E-state index is -0.842. The van der Waals surface area contributed by atoms with Crippen molar-refractivity contribution < 1.29 is 19.4 Å². The largest absolute Gasteiger partial charge is 0.481 e. The van der Waals surface area contributed by atoms with Crippen molar-refractivity contribution in [2.24, 2.45) is 0 Å². The molecule has 1 aliphatic carbocycles. The second-order valence-corrected chi connectivity index (χ2v) is 5.49. The number of urea groups is 1. The van der Waals surface area contributed by atoms with Gasteiger partial charge in [0, 0.05) is 27.3 Å². The first kappa shape index (κ1) is 16.8. The van der Waals surface area contributed by atoms with Crippen LogP contribution in [-0.4, -0.2) is 54.9 Å². The quantitative estimate of drug-likeness (QED) is 0.700. The summed E-state index contributed by atoms with van der Waals surface area (Å²) in [4.78, 5) is 24.9. The molecule has 0 spiro atoms. The van der Waals surface area contributed by atoms with E-state index in [-0.39, 0.29) is 12.5 Å². The molecule has 0 aromatic heterocycles. The molecule has 0 atom stereocenters. The molecule has 6 heteroatoms. The number of methoxy groups -OCH3 is 1. The Morgan fingerprint density at radius 1 is 1.30 bits per heavy atom. The van der Waals surface area contributed by atoms with Crippen LogP contribution >= 0.6 is 0 Å². The van der Waals surface area contributed by atoms with Crippen molar-refractivity contribution in [3.8, 4) is 0 Å². The Balaban J connectivity index is 2.60. The predicted molar refractivity (Wildman–Crippen MR) is 75.7 cm³/mol. The number of carboxylic acid groups (broad SMARTS) is 1. The van der Waals surface area contributed by atoms with E-state index in [0.29, 0.717) is 13.2 Å². The number of ether oxygens (including phenoxy) is 1. The zero-order chi connectivity index (χ0) is 15.0. The van der Waals surface area contributed by atoms with Crippen LogP contribution in [0, 0.1) is 0 Å². The topological polar surface area (TPSA) is 78.9 Å². The van der Waals surface area contributed by atoms with Gasteiger partial charge in [-0.2, -0.15) is 0 Å². The Bertz CT molecular complexity index is 327. The van der Waals surface area contributed by atoms with Gasteiger partial charge in [-0.15, -0.1) is 0 Å². The van der Waals surface area contributed by atoms with Gasteiger partial charge in [0.15, 0.2) is 0 Å². The number of hydrogen-bond acceptors (Lipinski definition) is 3. The van der Waals surface area contributed by atoms with Crippen LogP contribution in [0.3, 0.4) is 0 Å². The van der Waals surface area contributed by atoms with E-state index in [4.69, 9.17) is 9.84 Å². The number of aliphatic carboxylic acids is 1. The molecule has 1 fully saturated rings. The normalized spacial score (nSPS) is 17.5. The number of hydrogen-bond donors (Lipinski definition) is 2. The van der Waals surface area contributed by atoms with E-state index in [2.05, 4.69) is 5.32 Å². The highest BCUT2D eigenvalue weighted by Crippen LogP contribution is 2.35. The van der Waals surface area contributed by atoms with E-state index < -0.39 is 11.5 Å². The SMILES string of the molecule is COCCCNC(=O)N(C)C1(CC(=O)O)CCCCC1. The van der Waals surface area contributed by atoms with Crippen LogP contribution in [-0.2, 0) is 9.53 Å². The van der Waals surface area contributed by atoms with Gasteiger partial charge in [-0.05, 0) is 19.3 Å². The van der Waals surface area contributed by atoms with Crippen molar-refractivity contribution in [2.75, 3.05) is 27.3 Å². The summed E-state index contributed by atoms with van der Waals surface area (Å²) in [5, 5.41) is 12.0. The fraction of sp³-hybridized carbons (Fsp3) is 0.857. The van der Waals surface area contributed by atoms with Crippen molar-refractivity contribution in [3.05, 3.63) is 0 Å². The molecule has 0 aliphatic heterocycles. The molecule has 1 rings (SSSR count). The lowest BCUT2D eigenvalue weighted by Crippen LogP contribution is -2.55. The summed E-state index contributed by atoms with van der Waals surface area (Å²) in [5.41, 5.74) is -0.532. The van der Waals surface area contributed by atoms with Crippen LogP contribution in [0.5, 0.6) is 0 Å². The van der Waals surface area contributed by atoms with E-state index >= 15 is 0 Å². The average molecular weight is 286 g/mol. The van der Waals surface area contributed by atoms with Crippen molar-refractivity contribution in [2.45, 2.75) is 50.5 Å². The van der Waals surface area contributed by atoms with Crippen LogP contribution in [0.1, 0.15) is 44.9 Å². The van der Waals surface area contributed by atoms with Gasteiger partial charge in [0.05, 0.1) is 12.0 Å². The van der Waals surface area contributed by atoms with Gasteiger partial charge >= 0.3 is 12.0 Å². The Morgan fingerprint density at radius 3 is 2.50 bits per heavy atom. The van der Waals surface area contributed by atoms with Gasteiger partial charge in [0.2, 0.25) is 0 Å². The van der Waals surface area contributed by atoms with E-state index in [9.17, 15) is 9.59 Å². The molecule has 0 radical (unpaired) electrons. The first-order chi connectivity index (χ1) is 9.52. The molecule has 20 heavy (non-hydrogen) atoms. The number of nitrogens with one attached hydrogen (secondary N) is 1. The number of nitrogens with zero attached hydrogens (tertiary/aromatic N) is 1. The van der Waals surface area contributed by atoms with Crippen LogP contribution < -0.4 is 5.32 Å². The molecule has 2 amide bonds. The van der Waals surface area contributed by atoms with Crippen LogP contribution in [0.25, 0.3) is 0 Å². The fourth-order valence-corrected chi connectivity index (χ4v) is 2.87. The molecular weight excluding hydrogens is 260 g/mol. The lowest BCUT2D eigenvalue weighted by Gasteiger charge is -2.43. The smallest absolute Gasteiger partial charge is 0.317 e. The number of carboxylic acids is 1. The minimum Gasteiger partial charge on any atom is -0.481 e. The minimum absolute atomic E-state index is 0.0228. The Morgan fingerprint density at radius 2 is 1.95 bits per heavy atom. The molecule has 0 heterocycles. The maximum atomic E-state index is 12.2. The molecule has 116 valence electrons. The second kappa shape index (κ2) is 8.09. The third-order valence-electron chi connectivity index (χ3n) is 4.08. The molecule has 0 unspecified atom stereocenters. The van der Waals surface area contributed by atoms with Crippen molar-refractivity contribution in [3.63, 3.8) is 0 Å². The molecule has 0 aromatic carbocycles. The van der Waals surface area contributed by atoms with Crippen LogP contribution in [0.2, 0.25) is 0 Å². The summed E-state index contributed by atoms with van der Waals surface area (Å²) < 4.78 is 4.93. The maximum Gasteiger partial charge on any atom is 0.317 e. The molecule has 2 N–H and O–H groups in total. The number of carbonyl (C=O) groups excluding carboxylic acids is 1. The molecule has 6 nitrogen and oxygen atoms in total. The monoisotopic (exact) mass is 286 g/mol. The Hall–Kier alpha value is -1.30. The van der Waals surface area contributed by atoms with Crippen molar-refractivity contribution in [1.29, 1.82) is 0 Å². The van der Waals surface area contributed by atoms with E-state index in [1.165, 1.54) is 0 Å². The van der Waals surface area contributed by atoms with E-state index in [1.807, 2.05) is 0 Å². The summed E-state index contributed by atoms with van der Waals surface area (Å²) in [6, 6.07) is -0.191. The Labute approximate surface area is 120 Å². The number of rotatable bonds is 7. The lowest BCUT2D eigenvalue weighted by atomic mass is 9.78. The standard InChI is InChI=1S/C14H26N2O4/c1-16(13(19)15-9-6-10-20-2)14(11-12(17)18)7-4-3-5-8-14/h3-11H2,1-2H3,(H,15,19)(H,17,18). The zero-order valence-electron chi connectivity index (χ0n) is 12.5. The molecule has 0 aromatic rings. The van der Waals surface area contributed by atoms with Crippen LogP contribution in [0.4, 0.5) is 4.79 Å². The number of carbonyl (C=O) groups is 2. The highest BCUT2D eigenvalue weighted by atomic mass is 16.5. The van der Waals surface area contributed by atoms with Gasteiger partial charge in [-0.25, -0.2) is 4.79 Å². The Kier molecular flexibility index (Phi) is 6.78. The van der Waals surface area contributed by atoms with Crippen molar-refractivity contribution in [1.82, 2.24) is 10.2 Å². The summed E-state index contributed by atoms with van der Waals surface area (Å²) in [5.74, 6) is -0.842. The third-order valence-corrected chi connectivity index (χ3v) is 4.08. The van der Waals surface area contributed by atoms with E-state index in [1.54, 1.807) is 19.1 Å². The van der Waals surface area contributed by atoms with Crippen molar-refractivity contribution >= 4 is 12.0 Å².